The van der Waals surface area contributed by atoms with Crippen LogP contribution in [0, 0.1) is 5.92 Å². The van der Waals surface area contributed by atoms with Crippen LogP contribution in [0.25, 0.3) is 5.69 Å². The van der Waals surface area contributed by atoms with E-state index in [1.807, 2.05) is 18.5 Å². The van der Waals surface area contributed by atoms with E-state index in [0.717, 1.165) is 24.7 Å². The number of para-hydroxylation sites is 1. The van der Waals surface area contributed by atoms with Gasteiger partial charge in [0.15, 0.2) is 0 Å². The number of hydrogen-bond acceptors (Lipinski definition) is 3. The summed E-state index contributed by atoms with van der Waals surface area (Å²) in [5.41, 5.74) is 1.15. The molecule has 0 spiro atoms. The monoisotopic (exact) mass is 270 g/mol. The second-order valence-electron chi connectivity index (χ2n) is 5.74. The molecule has 2 unspecified atom stereocenters. The van der Waals surface area contributed by atoms with Crippen LogP contribution >= 0.6 is 0 Å². The Kier molecular flexibility index (Phi) is 3.74. The number of anilines is 1. The van der Waals surface area contributed by atoms with Crippen LogP contribution in [0.2, 0.25) is 0 Å². The fourth-order valence-electron chi connectivity index (χ4n) is 2.94. The number of nitrogens with zero attached hydrogens (tertiary/aromatic N) is 3. The van der Waals surface area contributed by atoms with Gasteiger partial charge in [-0.15, -0.1) is 0 Å². The molecule has 20 heavy (non-hydrogen) atoms. The van der Waals surface area contributed by atoms with E-state index in [1.165, 1.54) is 6.42 Å². The van der Waals surface area contributed by atoms with E-state index >= 15 is 0 Å². The number of likely N-dealkylation sites (tertiary alicyclic amines) is 1. The van der Waals surface area contributed by atoms with Crippen molar-refractivity contribution in [3.8, 4) is 5.69 Å². The number of aromatic nitrogens is 2. The van der Waals surface area contributed by atoms with Crippen molar-refractivity contribution in [2.45, 2.75) is 19.4 Å². The van der Waals surface area contributed by atoms with Crippen molar-refractivity contribution in [3.05, 3.63) is 42.7 Å². The number of rotatable bonds is 3. The molecule has 1 aromatic carbocycles. The van der Waals surface area contributed by atoms with Gasteiger partial charge in [0.25, 0.3) is 0 Å². The minimum absolute atomic E-state index is 0.496. The van der Waals surface area contributed by atoms with Crippen molar-refractivity contribution in [2.24, 2.45) is 5.92 Å². The molecule has 4 heteroatoms. The predicted octanol–water partition coefficient (Wildman–Crippen LogP) is 2.62. The molecule has 2 atom stereocenters. The Hall–Kier alpha value is -1.81. The van der Waals surface area contributed by atoms with Gasteiger partial charge in [-0.3, -0.25) is 4.57 Å². The third kappa shape index (κ3) is 2.70. The zero-order valence-electron chi connectivity index (χ0n) is 12.2. The molecular weight excluding hydrogens is 248 g/mol. The van der Waals surface area contributed by atoms with E-state index in [2.05, 4.69) is 58.0 Å². The van der Waals surface area contributed by atoms with Crippen LogP contribution < -0.4 is 5.32 Å². The van der Waals surface area contributed by atoms with Gasteiger partial charge >= 0.3 is 0 Å². The van der Waals surface area contributed by atoms with Crippen molar-refractivity contribution in [1.82, 2.24) is 14.5 Å². The average molecular weight is 270 g/mol. The van der Waals surface area contributed by atoms with Crippen molar-refractivity contribution in [2.75, 3.05) is 25.5 Å². The third-order valence-corrected chi connectivity index (χ3v) is 4.10. The molecule has 1 fully saturated rings. The second kappa shape index (κ2) is 5.67. The van der Waals surface area contributed by atoms with Crippen molar-refractivity contribution >= 4 is 5.95 Å². The number of benzene rings is 1. The first-order chi connectivity index (χ1) is 9.74. The zero-order valence-corrected chi connectivity index (χ0v) is 12.2. The maximum absolute atomic E-state index is 4.48. The van der Waals surface area contributed by atoms with Gasteiger partial charge < -0.3 is 10.2 Å². The summed E-state index contributed by atoms with van der Waals surface area (Å²) in [5.74, 6) is 1.58. The SMILES string of the molecule is CC1CN(C)CCC1Nc1nccn1-c1ccccc1. The Labute approximate surface area is 120 Å². The van der Waals surface area contributed by atoms with E-state index in [-0.39, 0.29) is 0 Å². The molecule has 4 nitrogen and oxygen atoms in total. The molecule has 0 saturated carbocycles. The van der Waals surface area contributed by atoms with E-state index in [0.29, 0.717) is 12.0 Å². The average Bonchev–Trinajstić information content (AvgIpc) is 2.91. The minimum Gasteiger partial charge on any atom is -0.352 e. The lowest BCUT2D eigenvalue weighted by Crippen LogP contribution is -2.43. The van der Waals surface area contributed by atoms with Gasteiger partial charge in [-0.25, -0.2) is 4.98 Å². The van der Waals surface area contributed by atoms with Crippen LogP contribution in [0.4, 0.5) is 5.95 Å². The lowest BCUT2D eigenvalue weighted by molar-refractivity contribution is 0.205. The Morgan fingerprint density at radius 3 is 2.80 bits per heavy atom. The van der Waals surface area contributed by atoms with Gasteiger partial charge in [-0.2, -0.15) is 0 Å². The first-order valence-corrected chi connectivity index (χ1v) is 7.28. The maximum atomic E-state index is 4.48. The molecule has 0 radical (unpaired) electrons. The highest BCUT2D eigenvalue weighted by Gasteiger charge is 2.25. The molecule has 1 aromatic heterocycles. The topological polar surface area (TPSA) is 33.1 Å². The van der Waals surface area contributed by atoms with E-state index in [4.69, 9.17) is 0 Å². The molecule has 1 aliphatic heterocycles. The van der Waals surface area contributed by atoms with Crippen molar-refractivity contribution < 1.29 is 0 Å². The second-order valence-corrected chi connectivity index (χ2v) is 5.74. The molecule has 0 aliphatic carbocycles. The first kappa shape index (κ1) is 13.2. The fourth-order valence-corrected chi connectivity index (χ4v) is 2.94. The van der Waals surface area contributed by atoms with Crippen LogP contribution in [-0.2, 0) is 0 Å². The van der Waals surface area contributed by atoms with Gasteiger partial charge in [0.2, 0.25) is 5.95 Å². The highest BCUT2D eigenvalue weighted by Crippen LogP contribution is 2.21. The molecule has 2 heterocycles. The van der Waals surface area contributed by atoms with Gasteiger partial charge in [-0.05, 0) is 38.1 Å². The molecule has 2 aromatic rings. The Morgan fingerprint density at radius 1 is 1.25 bits per heavy atom. The van der Waals surface area contributed by atoms with Crippen molar-refractivity contribution in [1.29, 1.82) is 0 Å². The van der Waals surface area contributed by atoms with Gasteiger partial charge in [0.1, 0.15) is 0 Å². The summed E-state index contributed by atoms with van der Waals surface area (Å²) in [6, 6.07) is 10.8. The Morgan fingerprint density at radius 2 is 2.05 bits per heavy atom. The largest absolute Gasteiger partial charge is 0.352 e. The smallest absolute Gasteiger partial charge is 0.207 e. The van der Waals surface area contributed by atoms with Crippen LogP contribution in [0.15, 0.2) is 42.7 Å². The molecule has 1 saturated heterocycles. The molecule has 0 amide bonds. The van der Waals surface area contributed by atoms with Crippen molar-refractivity contribution in [3.63, 3.8) is 0 Å². The van der Waals surface area contributed by atoms with Crippen LogP contribution in [-0.4, -0.2) is 40.6 Å². The van der Waals surface area contributed by atoms with Crippen LogP contribution in [0.5, 0.6) is 0 Å². The zero-order chi connectivity index (χ0) is 13.9. The highest BCUT2D eigenvalue weighted by molar-refractivity contribution is 5.42. The summed E-state index contributed by atoms with van der Waals surface area (Å²) in [6.07, 6.45) is 5.03. The first-order valence-electron chi connectivity index (χ1n) is 7.28. The van der Waals surface area contributed by atoms with Gasteiger partial charge in [0.05, 0.1) is 0 Å². The van der Waals surface area contributed by atoms with E-state index in [9.17, 15) is 0 Å². The standard InChI is InChI=1S/C16H22N4/c1-13-12-19(2)10-8-15(13)18-16-17-9-11-20(16)14-6-4-3-5-7-14/h3-7,9,11,13,15H,8,10,12H2,1-2H3,(H,17,18). The maximum Gasteiger partial charge on any atom is 0.207 e. The summed E-state index contributed by atoms with van der Waals surface area (Å²) in [5, 5.41) is 3.62. The normalized spacial score (nSPS) is 23.7. The predicted molar refractivity (Wildman–Crippen MR) is 82.3 cm³/mol. The fraction of sp³-hybridized carbons (Fsp3) is 0.438. The summed E-state index contributed by atoms with van der Waals surface area (Å²) >= 11 is 0. The molecule has 1 aliphatic rings. The summed E-state index contributed by atoms with van der Waals surface area (Å²) in [4.78, 5) is 6.87. The van der Waals surface area contributed by atoms with E-state index in [1.54, 1.807) is 0 Å². The van der Waals surface area contributed by atoms with Gasteiger partial charge in [-0.1, -0.05) is 25.1 Å². The summed E-state index contributed by atoms with van der Waals surface area (Å²) in [6.45, 7) is 4.60. The molecular formula is C16H22N4. The molecule has 106 valence electrons. The number of hydrogen-bond donors (Lipinski definition) is 1. The Bertz CT molecular complexity index is 549. The van der Waals surface area contributed by atoms with Gasteiger partial charge in [0, 0.05) is 30.7 Å². The lowest BCUT2D eigenvalue weighted by Gasteiger charge is -2.35. The summed E-state index contributed by atoms with van der Waals surface area (Å²) < 4.78 is 2.12. The Balaban J connectivity index is 1.77. The minimum atomic E-state index is 0.496. The molecule has 1 N–H and O–H groups in total. The molecule has 0 bridgehead atoms. The van der Waals surface area contributed by atoms with E-state index < -0.39 is 0 Å². The van der Waals surface area contributed by atoms with Crippen LogP contribution in [0.1, 0.15) is 13.3 Å². The lowest BCUT2D eigenvalue weighted by atomic mass is 9.94. The number of piperidine rings is 1. The number of nitrogens with one attached hydrogen (secondary N) is 1. The quantitative estimate of drug-likeness (QED) is 0.930. The highest BCUT2D eigenvalue weighted by atomic mass is 15.2. The number of imidazole rings is 1. The van der Waals surface area contributed by atoms with Crippen LogP contribution in [0.3, 0.4) is 0 Å². The molecule has 3 rings (SSSR count). The summed E-state index contributed by atoms with van der Waals surface area (Å²) in [7, 11) is 2.19. The third-order valence-electron chi connectivity index (χ3n) is 4.10.